The fourth-order valence-corrected chi connectivity index (χ4v) is 3.82. The van der Waals surface area contributed by atoms with E-state index < -0.39 is 10.0 Å². The molecule has 6 heteroatoms. The van der Waals surface area contributed by atoms with E-state index in [1.54, 1.807) is 6.07 Å². The molecule has 2 aromatic rings. The molecule has 0 spiro atoms. The standard InChI is InChI=1S/C16H23N3O2S/c1-4-12-19-16(10-11-17-19)22(20,21)18-15(5-2)14-8-6-13(3)7-9-14/h6-11,15,18H,4-5,12H2,1-3H3/t15-/m0/s1. The van der Waals surface area contributed by atoms with E-state index in [2.05, 4.69) is 9.82 Å². The maximum absolute atomic E-state index is 12.6. The van der Waals surface area contributed by atoms with E-state index in [0.717, 1.165) is 17.5 Å². The molecule has 2 rings (SSSR count). The predicted molar refractivity (Wildman–Crippen MR) is 87.1 cm³/mol. The van der Waals surface area contributed by atoms with Crippen molar-refractivity contribution in [3.05, 3.63) is 47.7 Å². The van der Waals surface area contributed by atoms with Gasteiger partial charge in [0.05, 0.1) is 6.20 Å². The van der Waals surface area contributed by atoms with Gasteiger partial charge in [0.15, 0.2) is 5.03 Å². The summed E-state index contributed by atoms with van der Waals surface area (Å²) in [5.41, 5.74) is 2.13. The number of nitrogens with zero attached hydrogens (tertiary/aromatic N) is 2. The van der Waals surface area contributed by atoms with Gasteiger partial charge in [-0.1, -0.05) is 43.7 Å². The lowest BCUT2D eigenvalue weighted by molar-refractivity contribution is 0.510. The molecule has 0 aliphatic carbocycles. The third kappa shape index (κ3) is 3.75. The van der Waals surface area contributed by atoms with Gasteiger partial charge in [-0.05, 0) is 31.4 Å². The SMILES string of the molecule is CCCn1nccc1S(=O)(=O)N[C@@H](CC)c1ccc(C)cc1. The molecule has 0 fully saturated rings. The summed E-state index contributed by atoms with van der Waals surface area (Å²) in [7, 11) is -3.59. The number of benzene rings is 1. The lowest BCUT2D eigenvalue weighted by Crippen LogP contribution is -2.30. The van der Waals surface area contributed by atoms with Crippen molar-refractivity contribution in [3.63, 3.8) is 0 Å². The van der Waals surface area contributed by atoms with Crippen LogP contribution in [0.2, 0.25) is 0 Å². The summed E-state index contributed by atoms with van der Waals surface area (Å²) in [6.45, 7) is 6.56. The van der Waals surface area contributed by atoms with Crippen molar-refractivity contribution in [2.45, 2.75) is 51.2 Å². The molecular formula is C16H23N3O2S. The molecule has 22 heavy (non-hydrogen) atoms. The number of aromatic nitrogens is 2. The Balaban J connectivity index is 2.25. The zero-order valence-electron chi connectivity index (χ0n) is 13.3. The van der Waals surface area contributed by atoms with Crippen LogP contribution in [0.5, 0.6) is 0 Å². The van der Waals surface area contributed by atoms with Gasteiger partial charge in [0.1, 0.15) is 0 Å². The van der Waals surface area contributed by atoms with Gasteiger partial charge in [-0.25, -0.2) is 13.1 Å². The molecule has 0 saturated carbocycles. The number of hydrogen-bond donors (Lipinski definition) is 1. The molecule has 1 N–H and O–H groups in total. The van der Waals surface area contributed by atoms with Gasteiger partial charge >= 0.3 is 0 Å². The van der Waals surface area contributed by atoms with Crippen LogP contribution in [0.25, 0.3) is 0 Å². The summed E-state index contributed by atoms with van der Waals surface area (Å²) in [5, 5.41) is 4.31. The predicted octanol–water partition coefficient (Wildman–Crippen LogP) is 3.03. The number of sulfonamides is 1. The highest BCUT2D eigenvalue weighted by molar-refractivity contribution is 7.89. The summed E-state index contributed by atoms with van der Waals surface area (Å²) in [4.78, 5) is 0. The second-order valence-corrected chi connectivity index (χ2v) is 7.05. The van der Waals surface area contributed by atoms with E-state index in [1.807, 2.05) is 45.0 Å². The van der Waals surface area contributed by atoms with Crippen molar-refractivity contribution in [2.75, 3.05) is 0 Å². The number of rotatable bonds is 7. The third-order valence-corrected chi connectivity index (χ3v) is 5.07. The van der Waals surface area contributed by atoms with E-state index in [4.69, 9.17) is 0 Å². The first kappa shape index (κ1) is 16.7. The Morgan fingerprint density at radius 2 is 1.86 bits per heavy atom. The minimum atomic E-state index is -3.59. The van der Waals surface area contributed by atoms with E-state index in [-0.39, 0.29) is 11.1 Å². The van der Waals surface area contributed by atoms with E-state index >= 15 is 0 Å². The van der Waals surface area contributed by atoms with Gasteiger partial charge in [-0.15, -0.1) is 0 Å². The van der Waals surface area contributed by atoms with Gasteiger partial charge in [0.25, 0.3) is 10.0 Å². The molecule has 120 valence electrons. The minimum absolute atomic E-state index is 0.222. The second-order valence-electron chi connectivity index (χ2n) is 5.39. The van der Waals surface area contributed by atoms with Crippen molar-refractivity contribution < 1.29 is 8.42 Å². The summed E-state index contributed by atoms with van der Waals surface area (Å²) in [6.07, 6.45) is 3.04. The van der Waals surface area contributed by atoms with Crippen LogP contribution >= 0.6 is 0 Å². The van der Waals surface area contributed by atoms with Gasteiger partial charge < -0.3 is 0 Å². The monoisotopic (exact) mass is 321 g/mol. The second kappa shape index (κ2) is 7.07. The van der Waals surface area contributed by atoms with Crippen molar-refractivity contribution in [1.82, 2.24) is 14.5 Å². The first-order chi connectivity index (χ1) is 10.5. The molecule has 1 heterocycles. The summed E-state index contributed by atoms with van der Waals surface area (Å²) < 4.78 is 29.6. The molecule has 0 aliphatic rings. The minimum Gasteiger partial charge on any atom is -0.253 e. The Kier molecular flexibility index (Phi) is 5.37. The fraction of sp³-hybridized carbons (Fsp3) is 0.438. The van der Waals surface area contributed by atoms with Gasteiger partial charge in [0.2, 0.25) is 0 Å². The van der Waals surface area contributed by atoms with Gasteiger partial charge in [-0.2, -0.15) is 5.10 Å². The van der Waals surface area contributed by atoms with Crippen molar-refractivity contribution in [2.24, 2.45) is 0 Å². The quantitative estimate of drug-likeness (QED) is 0.852. The van der Waals surface area contributed by atoms with Crippen LogP contribution in [0.1, 0.15) is 43.9 Å². The molecule has 0 unspecified atom stereocenters. The van der Waals surface area contributed by atoms with E-state index in [9.17, 15) is 8.42 Å². The van der Waals surface area contributed by atoms with Gasteiger partial charge in [-0.3, -0.25) is 4.68 Å². The van der Waals surface area contributed by atoms with Crippen LogP contribution in [-0.4, -0.2) is 18.2 Å². The molecule has 0 bridgehead atoms. The van der Waals surface area contributed by atoms with Crippen LogP contribution < -0.4 is 4.72 Å². The number of hydrogen-bond acceptors (Lipinski definition) is 3. The Hall–Kier alpha value is -1.66. The molecule has 0 saturated heterocycles. The highest BCUT2D eigenvalue weighted by atomic mass is 32.2. The molecule has 0 radical (unpaired) electrons. The zero-order chi connectivity index (χ0) is 16.2. The maximum Gasteiger partial charge on any atom is 0.258 e. The van der Waals surface area contributed by atoms with E-state index in [1.165, 1.54) is 10.9 Å². The van der Waals surface area contributed by atoms with Crippen LogP contribution in [0.15, 0.2) is 41.6 Å². The Morgan fingerprint density at radius 3 is 2.45 bits per heavy atom. The van der Waals surface area contributed by atoms with Crippen molar-refractivity contribution in [3.8, 4) is 0 Å². The largest absolute Gasteiger partial charge is 0.258 e. The van der Waals surface area contributed by atoms with E-state index in [0.29, 0.717) is 13.0 Å². The Bertz CT molecular complexity index is 705. The fourth-order valence-electron chi connectivity index (χ4n) is 2.36. The first-order valence-electron chi connectivity index (χ1n) is 7.58. The Labute approximate surface area is 132 Å². The molecule has 1 aromatic heterocycles. The Morgan fingerprint density at radius 1 is 1.18 bits per heavy atom. The van der Waals surface area contributed by atoms with Crippen LogP contribution in [0.4, 0.5) is 0 Å². The average molecular weight is 321 g/mol. The normalized spacial score (nSPS) is 13.2. The smallest absolute Gasteiger partial charge is 0.253 e. The first-order valence-corrected chi connectivity index (χ1v) is 9.07. The summed E-state index contributed by atoms with van der Waals surface area (Å²) in [6, 6.07) is 9.22. The number of nitrogens with one attached hydrogen (secondary N) is 1. The third-order valence-electron chi connectivity index (χ3n) is 3.57. The molecule has 5 nitrogen and oxygen atoms in total. The van der Waals surface area contributed by atoms with Crippen LogP contribution in [0, 0.1) is 6.92 Å². The van der Waals surface area contributed by atoms with Crippen molar-refractivity contribution in [1.29, 1.82) is 0 Å². The topological polar surface area (TPSA) is 64.0 Å². The zero-order valence-corrected chi connectivity index (χ0v) is 14.1. The highest BCUT2D eigenvalue weighted by Gasteiger charge is 2.23. The highest BCUT2D eigenvalue weighted by Crippen LogP contribution is 2.20. The summed E-state index contributed by atoms with van der Waals surface area (Å²) >= 11 is 0. The van der Waals surface area contributed by atoms with Crippen LogP contribution in [-0.2, 0) is 16.6 Å². The molecule has 0 amide bonds. The average Bonchev–Trinajstić information content (AvgIpc) is 2.95. The van der Waals surface area contributed by atoms with Crippen molar-refractivity contribution >= 4 is 10.0 Å². The number of aryl methyl sites for hydroxylation is 2. The molecular weight excluding hydrogens is 298 g/mol. The lowest BCUT2D eigenvalue weighted by atomic mass is 10.0. The van der Waals surface area contributed by atoms with Gasteiger partial charge in [0, 0.05) is 12.6 Å². The maximum atomic E-state index is 12.6. The molecule has 0 aliphatic heterocycles. The molecule has 1 aromatic carbocycles. The molecule has 1 atom stereocenters. The van der Waals surface area contributed by atoms with Crippen LogP contribution in [0.3, 0.4) is 0 Å². The summed E-state index contributed by atoms with van der Waals surface area (Å²) in [5.74, 6) is 0. The lowest BCUT2D eigenvalue weighted by Gasteiger charge is -2.18.